The van der Waals surface area contributed by atoms with E-state index in [2.05, 4.69) is 73.2 Å². The molecule has 5 aliphatic heterocycles. The molecule has 6 fully saturated rings. The second-order valence-electron chi connectivity index (χ2n) is 22.6. The third-order valence-electron chi connectivity index (χ3n) is 16.9. The van der Waals surface area contributed by atoms with Gasteiger partial charge in [-0.15, -0.1) is 11.3 Å². The van der Waals surface area contributed by atoms with Gasteiger partial charge in [-0.05, 0) is 87.3 Å². The van der Waals surface area contributed by atoms with Gasteiger partial charge in [-0.3, -0.25) is 34.2 Å². The van der Waals surface area contributed by atoms with Crippen molar-refractivity contribution in [3.05, 3.63) is 82.5 Å². The summed E-state index contributed by atoms with van der Waals surface area (Å²) in [4.78, 5) is 68.1. The molecule has 73 heavy (non-hydrogen) atoms. The van der Waals surface area contributed by atoms with E-state index in [4.69, 9.17) is 19.4 Å². The highest BCUT2D eigenvalue weighted by molar-refractivity contribution is 7.88. The van der Waals surface area contributed by atoms with Gasteiger partial charge in [0.25, 0.3) is 5.91 Å². The van der Waals surface area contributed by atoms with Gasteiger partial charge in [-0.2, -0.15) is 4.31 Å². The Morgan fingerprint density at radius 2 is 1.84 bits per heavy atom. The molecule has 18 nitrogen and oxygen atoms in total. The number of likely N-dealkylation sites (tertiary alicyclic amines) is 2. The highest BCUT2D eigenvalue weighted by Gasteiger charge is 2.61. The Labute approximate surface area is 430 Å². The van der Waals surface area contributed by atoms with Crippen LogP contribution in [0.5, 0.6) is 0 Å². The summed E-state index contributed by atoms with van der Waals surface area (Å²) in [5, 5.41) is 8.43. The number of sulfonamides is 1. The van der Waals surface area contributed by atoms with E-state index in [0.29, 0.717) is 62.9 Å². The smallest absolute Gasteiger partial charge is 0.324 e. The molecular weight excluding hydrogens is 967 g/mol. The Bertz CT molecular complexity index is 3090. The fourth-order valence-electron chi connectivity index (χ4n) is 12.7. The van der Waals surface area contributed by atoms with Gasteiger partial charge in [0.05, 0.1) is 53.7 Å². The Morgan fingerprint density at radius 1 is 1.03 bits per heavy atom. The zero-order valence-electron chi connectivity index (χ0n) is 42.4. The van der Waals surface area contributed by atoms with Crippen molar-refractivity contribution in [2.75, 3.05) is 59.2 Å². The van der Waals surface area contributed by atoms with Crippen LogP contribution in [0.15, 0.2) is 60.5 Å². The largest absolute Gasteiger partial charge is 0.464 e. The average Bonchev–Trinajstić information content (AvgIpc) is 4.22. The predicted octanol–water partition coefficient (Wildman–Crippen LogP) is 5.26. The topological polar surface area (TPSA) is 197 Å². The van der Waals surface area contributed by atoms with Crippen LogP contribution in [-0.2, 0) is 40.3 Å². The first-order valence-electron chi connectivity index (χ1n) is 25.9. The number of rotatable bonds is 10. The van der Waals surface area contributed by atoms with E-state index >= 15 is 4.79 Å². The lowest BCUT2D eigenvalue weighted by atomic mass is 9.78. The van der Waals surface area contributed by atoms with Crippen molar-refractivity contribution in [3.8, 4) is 22.5 Å². The van der Waals surface area contributed by atoms with E-state index in [-0.39, 0.29) is 36.5 Å². The number of carbonyl (C=O) groups excluding carboxylic acids is 3. The summed E-state index contributed by atoms with van der Waals surface area (Å²) < 4.78 is 42.4. The van der Waals surface area contributed by atoms with Crippen LogP contribution in [0.3, 0.4) is 0 Å². The molecule has 12 rings (SSSR count). The summed E-state index contributed by atoms with van der Waals surface area (Å²) >= 11 is 1.43. The third kappa shape index (κ3) is 8.67. The minimum Gasteiger partial charge on any atom is -0.464 e. The quantitative estimate of drug-likeness (QED) is 0.172. The fourth-order valence-corrected chi connectivity index (χ4v) is 15.0. The van der Waals surface area contributed by atoms with Crippen LogP contribution < -0.4 is 10.7 Å². The number of pyridine rings is 1. The van der Waals surface area contributed by atoms with Crippen molar-refractivity contribution < 1.29 is 32.3 Å². The number of nitrogens with zero attached hydrogens (tertiary/aromatic N) is 9. The molecule has 1 spiro atoms. The SMILES string of the molecule is CO[C@@H](C)c1ncccc1-c1c2c3cc(ccc3n1C1CN(C3CC3)C1)-c1csc(n1)[C@@H](N1CC3(CCN3S(C)(=O)=O)C1)[C@H](NC(=O)[C@@H]1[C@@H](C)[C@H]1c1ccncn1)C(=O)N1CCC[C@H](N1)C(=O)OCC(C)(C)C2. The van der Waals surface area contributed by atoms with Crippen LogP contribution >= 0.6 is 11.3 Å². The van der Waals surface area contributed by atoms with Gasteiger partial charge < -0.3 is 19.4 Å². The van der Waals surface area contributed by atoms with Crippen LogP contribution in [0.4, 0.5) is 0 Å². The van der Waals surface area contributed by atoms with Crippen molar-refractivity contribution >= 4 is 50.0 Å². The number of nitrogens with one attached hydrogen (secondary N) is 2. The molecule has 4 saturated heterocycles. The van der Waals surface area contributed by atoms with Gasteiger partial charge in [0.2, 0.25) is 15.9 Å². The number of hydrazine groups is 1. The zero-order chi connectivity index (χ0) is 50.7. The monoisotopic (exact) mass is 1030 g/mol. The molecule has 4 aromatic heterocycles. The van der Waals surface area contributed by atoms with Crippen molar-refractivity contribution in [2.24, 2.45) is 17.3 Å². The molecule has 0 radical (unpaired) electrons. The summed E-state index contributed by atoms with van der Waals surface area (Å²) in [5.41, 5.74) is 9.64. The Balaban J connectivity index is 1.00. The minimum atomic E-state index is -3.50. The summed E-state index contributed by atoms with van der Waals surface area (Å²) in [6, 6.07) is 10.6. The van der Waals surface area contributed by atoms with Crippen molar-refractivity contribution in [1.29, 1.82) is 0 Å². The zero-order valence-corrected chi connectivity index (χ0v) is 44.0. The summed E-state index contributed by atoms with van der Waals surface area (Å²) in [5.74, 6) is -1.80. The number of cyclic esters (lactones) is 1. The normalized spacial score (nSPS) is 28.2. The molecule has 2 N–H and O–H groups in total. The molecule has 6 bridgehead atoms. The number of ether oxygens (including phenoxy) is 2. The van der Waals surface area contributed by atoms with Gasteiger partial charge >= 0.3 is 5.97 Å². The summed E-state index contributed by atoms with van der Waals surface area (Å²) in [6.45, 7) is 11.7. The molecule has 386 valence electrons. The number of hydrogen-bond acceptors (Lipinski definition) is 15. The molecule has 0 unspecified atom stereocenters. The molecule has 20 heteroatoms. The maximum atomic E-state index is 15.4. The number of benzene rings is 1. The van der Waals surface area contributed by atoms with Crippen molar-refractivity contribution in [2.45, 2.75) is 114 Å². The third-order valence-corrected chi connectivity index (χ3v) is 19.2. The van der Waals surface area contributed by atoms with Gasteiger partial charge in [0.15, 0.2) is 0 Å². The van der Waals surface area contributed by atoms with Gasteiger partial charge in [-0.25, -0.2) is 28.8 Å². The molecule has 2 aliphatic carbocycles. The van der Waals surface area contributed by atoms with Gasteiger partial charge in [0, 0.05) is 115 Å². The number of methoxy groups -OCH3 is 1. The van der Waals surface area contributed by atoms with Crippen LogP contribution in [-0.4, -0.2) is 153 Å². The Morgan fingerprint density at radius 3 is 2.55 bits per heavy atom. The molecule has 2 amide bonds. The molecule has 7 aliphatic rings. The first-order valence-corrected chi connectivity index (χ1v) is 28.6. The number of thiazole rings is 1. The summed E-state index contributed by atoms with van der Waals surface area (Å²) in [6.07, 6.45) is 10.6. The second-order valence-corrected chi connectivity index (χ2v) is 25.4. The van der Waals surface area contributed by atoms with E-state index in [9.17, 15) is 18.0 Å². The standard InChI is InChI=1S/C53H65N11O7S2/c1-30-42(38-15-18-54-29-56-38)43(30)48(65)58-45-47(61-26-53(27-61)16-20-63(53)73(6,68)69)49-57-40(25-72-49)32-11-14-41-36(21-32)37(22-52(3,4)28-71-51(67)39-10-8-19-62(59-39)50(45)66)46(35-9-7-17-55-44(35)31(2)70-5)64(41)34-23-60(24-34)33-12-13-33/h7,9,11,14-15,17-18,21,25,29-31,33-34,39,42-43,45,47,59H,8,10,12-13,16,19-20,22-24,26-28H2,1-6H3,(H,58,65)/t30-,31-,39-,42-,43+,45-,47-/m0/s1. The van der Waals surface area contributed by atoms with Crippen LogP contribution in [0, 0.1) is 17.3 Å². The minimum absolute atomic E-state index is 0.0408. The number of carbonyl (C=O) groups is 3. The fraction of sp³-hybridized carbons (Fsp3) is 0.566. The van der Waals surface area contributed by atoms with Crippen LogP contribution in [0.1, 0.15) is 106 Å². The number of aromatic nitrogens is 5. The van der Waals surface area contributed by atoms with Gasteiger partial charge in [0.1, 0.15) is 23.4 Å². The highest BCUT2D eigenvalue weighted by atomic mass is 32.2. The molecular formula is C53H65N11O7S2. The molecule has 7 atom stereocenters. The number of hydrogen-bond donors (Lipinski definition) is 2. The van der Waals surface area contributed by atoms with Crippen LogP contribution in [0.2, 0.25) is 0 Å². The Hall–Kier alpha value is -5.22. The predicted molar refractivity (Wildman–Crippen MR) is 274 cm³/mol. The molecule has 5 aromatic rings. The maximum absolute atomic E-state index is 15.4. The number of esters is 1. The lowest BCUT2D eigenvalue weighted by Gasteiger charge is -2.63. The second kappa shape index (κ2) is 18.3. The highest BCUT2D eigenvalue weighted by Crippen LogP contribution is 2.54. The average molecular weight is 1030 g/mol. The molecule has 9 heterocycles. The Kier molecular flexibility index (Phi) is 12.2. The first-order chi connectivity index (χ1) is 35.0. The lowest BCUT2D eigenvalue weighted by molar-refractivity contribution is -0.157. The van der Waals surface area contributed by atoms with E-state index in [0.717, 1.165) is 63.5 Å². The summed E-state index contributed by atoms with van der Waals surface area (Å²) in [7, 11) is -1.79. The van der Waals surface area contributed by atoms with Crippen molar-refractivity contribution in [3.63, 3.8) is 0 Å². The number of fused-ring (bicyclic) bond motifs is 6. The van der Waals surface area contributed by atoms with E-state index in [1.54, 1.807) is 17.6 Å². The van der Waals surface area contributed by atoms with E-state index < -0.39 is 56.9 Å². The lowest BCUT2D eigenvalue weighted by Crippen LogP contribution is -2.78. The first kappa shape index (κ1) is 48.7. The molecule has 2 saturated carbocycles. The number of amides is 2. The molecule has 1 aromatic carbocycles. The van der Waals surface area contributed by atoms with Crippen LogP contribution in [0.25, 0.3) is 33.4 Å². The van der Waals surface area contributed by atoms with E-state index in [1.165, 1.54) is 41.8 Å². The van der Waals surface area contributed by atoms with Crippen molar-refractivity contribution in [1.82, 2.24) is 54.4 Å². The van der Waals surface area contributed by atoms with E-state index in [1.807, 2.05) is 37.6 Å². The van der Waals surface area contributed by atoms with Gasteiger partial charge in [-0.1, -0.05) is 26.8 Å². The maximum Gasteiger partial charge on any atom is 0.324 e.